The Morgan fingerprint density at radius 1 is 1.32 bits per heavy atom. The van der Waals surface area contributed by atoms with Gasteiger partial charge in [-0.1, -0.05) is 31.2 Å². The fraction of sp³-hybridized carbons (Fsp3) is 0.440. The highest BCUT2D eigenvalue weighted by Gasteiger charge is 2.46. The van der Waals surface area contributed by atoms with Crippen LogP contribution in [0.4, 0.5) is 5.69 Å². The Kier molecular flexibility index (Phi) is 7.47. The smallest absolute Gasteiger partial charge is 0.365 e. The number of amides is 1. The number of hydrogen-bond donors (Lipinski definition) is 3. The highest BCUT2D eigenvalue weighted by Crippen LogP contribution is 2.43. The molecule has 0 bridgehead atoms. The van der Waals surface area contributed by atoms with Crippen molar-refractivity contribution in [2.24, 2.45) is 11.8 Å². The standard InChI is InChI=1S/C25H30N2O6S/c1-14(24-22(15(2)29)25(31)26-24)18(11-21(30)33-32-3)12-27-20-6-4-5-19-16(9-10-28)7-8-17(13-34-27)23(19)20/h4-8,11,14-15,22,24,28-29H,9-10,12-13H2,1-3H3,(H,26,31)/b18-11+. The molecule has 8 nitrogen and oxygen atoms in total. The van der Waals surface area contributed by atoms with E-state index >= 15 is 0 Å². The van der Waals surface area contributed by atoms with Gasteiger partial charge in [0.05, 0.1) is 31.4 Å². The summed E-state index contributed by atoms with van der Waals surface area (Å²) in [6, 6.07) is 10.0. The molecule has 2 aliphatic heterocycles. The molecule has 1 saturated heterocycles. The van der Waals surface area contributed by atoms with Crippen LogP contribution in [-0.2, 0) is 31.5 Å². The predicted octanol–water partition coefficient (Wildman–Crippen LogP) is 2.51. The second-order valence-electron chi connectivity index (χ2n) is 8.74. The summed E-state index contributed by atoms with van der Waals surface area (Å²) < 4.78 is 2.15. The van der Waals surface area contributed by atoms with Crippen LogP contribution >= 0.6 is 11.9 Å². The predicted molar refractivity (Wildman–Crippen MR) is 131 cm³/mol. The van der Waals surface area contributed by atoms with E-state index in [9.17, 15) is 19.8 Å². The molecule has 1 amide bonds. The van der Waals surface area contributed by atoms with Gasteiger partial charge in [-0.2, -0.15) is 4.89 Å². The van der Waals surface area contributed by atoms with Crippen molar-refractivity contribution in [1.82, 2.24) is 5.32 Å². The van der Waals surface area contributed by atoms with E-state index < -0.39 is 18.0 Å². The van der Waals surface area contributed by atoms with Gasteiger partial charge in [0.1, 0.15) is 0 Å². The monoisotopic (exact) mass is 486 g/mol. The van der Waals surface area contributed by atoms with E-state index in [1.807, 2.05) is 13.0 Å². The molecule has 4 rings (SSSR count). The summed E-state index contributed by atoms with van der Waals surface area (Å²) in [6.07, 6.45) is 1.21. The molecular formula is C25H30N2O6S. The molecule has 0 saturated carbocycles. The van der Waals surface area contributed by atoms with Crippen LogP contribution in [0, 0.1) is 11.8 Å². The topological polar surface area (TPSA) is 108 Å². The highest BCUT2D eigenvalue weighted by molar-refractivity contribution is 8.00. The van der Waals surface area contributed by atoms with Gasteiger partial charge in [-0.3, -0.25) is 9.68 Å². The van der Waals surface area contributed by atoms with Gasteiger partial charge in [-0.05, 0) is 53.4 Å². The van der Waals surface area contributed by atoms with Gasteiger partial charge in [-0.25, -0.2) is 4.79 Å². The second kappa shape index (κ2) is 10.4. The largest absolute Gasteiger partial charge is 0.396 e. The molecule has 9 heteroatoms. The maximum absolute atomic E-state index is 12.3. The molecule has 3 N–H and O–H groups in total. The SMILES string of the molecule is COOC(=O)/C=C(\CN1SCc2ccc(CCO)c3cccc1c23)C(C)C1NC(=O)C1C(C)O. The summed E-state index contributed by atoms with van der Waals surface area (Å²) in [5, 5.41) is 24.7. The molecule has 0 aliphatic carbocycles. The summed E-state index contributed by atoms with van der Waals surface area (Å²) in [4.78, 5) is 33.6. The summed E-state index contributed by atoms with van der Waals surface area (Å²) >= 11 is 1.65. The Hall–Kier alpha value is -2.59. The molecule has 1 fully saturated rings. The first-order valence-electron chi connectivity index (χ1n) is 11.3. The quantitative estimate of drug-likeness (QED) is 0.163. The second-order valence-corrected chi connectivity index (χ2v) is 9.73. The van der Waals surface area contributed by atoms with E-state index in [4.69, 9.17) is 4.89 Å². The fourth-order valence-electron chi connectivity index (χ4n) is 4.88. The first-order valence-corrected chi connectivity index (χ1v) is 12.3. The zero-order valence-corrected chi connectivity index (χ0v) is 20.3. The van der Waals surface area contributed by atoms with Crippen molar-refractivity contribution in [2.45, 2.75) is 38.2 Å². The van der Waals surface area contributed by atoms with Gasteiger partial charge >= 0.3 is 5.97 Å². The number of nitrogens with one attached hydrogen (secondary N) is 1. The lowest BCUT2D eigenvalue weighted by Crippen LogP contribution is -2.64. The molecule has 2 aromatic rings. The van der Waals surface area contributed by atoms with Crippen molar-refractivity contribution < 1.29 is 29.6 Å². The lowest BCUT2D eigenvalue weighted by molar-refractivity contribution is -0.249. The van der Waals surface area contributed by atoms with Crippen molar-refractivity contribution in [3.05, 3.63) is 53.1 Å². The fourth-order valence-corrected chi connectivity index (χ4v) is 5.95. The Morgan fingerprint density at radius 2 is 2.12 bits per heavy atom. The van der Waals surface area contributed by atoms with Gasteiger partial charge in [-0.15, -0.1) is 0 Å². The molecule has 0 radical (unpaired) electrons. The zero-order valence-electron chi connectivity index (χ0n) is 19.5. The molecule has 182 valence electrons. The third-order valence-electron chi connectivity index (χ3n) is 6.66. The maximum Gasteiger partial charge on any atom is 0.365 e. The summed E-state index contributed by atoms with van der Waals surface area (Å²) in [7, 11) is 1.27. The van der Waals surface area contributed by atoms with Crippen molar-refractivity contribution >= 4 is 40.3 Å². The number of carbonyl (C=O) groups is 2. The van der Waals surface area contributed by atoms with Gasteiger partial charge in [0.25, 0.3) is 0 Å². The van der Waals surface area contributed by atoms with Crippen LogP contribution in [0.2, 0.25) is 0 Å². The Labute approximate surface area is 203 Å². The summed E-state index contributed by atoms with van der Waals surface area (Å²) in [5.74, 6) is -0.796. The molecule has 2 heterocycles. The van der Waals surface area contributed by atoms with Crippen LogP contribution in [0.1, 0.15) is 25.0 Å². The van der Waals surface area contributed by atoms with Crippen LogP contribution in [0.3, 0.4) is 0 Å². The van der Waals surface area contributed by atoms with E-state index in [2.05, 4.69) is 38.8 Å². The van der Waals surface area contributed by atoms with Crippen LogP contribution in [-0.4, -0.2) is 54.5 Å². The van der Waals surface area contributed by atoms with Crippen LogP contribution < -0.4 is 9.62 Å². The van der Waals surface area contributed by atoms with Gasteiger partial charge in [0, 0.05) is 35.8 Å². The number of rotatable bonds is 9. The molecule has 2 aliphatic rings. The summed E-state index contributed by atoms with van der Waals surface area (Å²) in [5.41, 5.74) is 4.12. The van der Waals surface area contributed by atoms with Gasteiger partial charge in [0.15, 0.2) is 0 Å². The number of benzene rings is 2. The van der Waals surface area contributed by atoms with E-state index in [-0.39, 0.29) is 24.5 Å². The average Bonchev–Trinajstić information content (AvgIpc) is 2.79. The van der Waals surface area contributed by atoms with E-state index in [1.54, 1.807) is 18.9 Å². The minimum Gasteiger partial charge on any atom is -0.396 e. The number of anilines is 1. The highest BCUT2D eigenvalue weighted by atomic mass is 32.2. The third kappa shape index (κ3) is 4.65. The van der Waals surface area contributed by atoms with Crippen LogP contribution in [0.15, 0.2) is 42.0 Å². The minimum absolute atomic E-state index is 0.0840. The van der Waals surface area contributed by atoms with Gasteiger partial charge in [0.2, 0.25) is 5.91 Å². The van der Waals surface area contributed by atoms with Crippen molar-refractivity contribution in [3.63, 3.8) is 0 Å². The molecule has 4 unspecified atom stereocenters. The number of β-lactam (4-membered cyclic amide) rings is 1. The van der Waals surface area contributed by atoms with Crippen LogP contribution in [0.5, 0.6) is 0 Å². The lowest BCUT2D eigenvalue weighted by Gasteiger charge is -2.43. The number of aliphatic hydroxyl groups excluding tert-OH is 2. The van der Waals surface area contributed by atoms with Crippen LogP contribution in [0.25, 0.3) is 10.8 Å². The first kappa shape index (κ1) is 24.5. The van der Waals surface area contributed by atoms with Crippen molar-refractivity contribution in [2.75, 3.05) is 24.6 Å². The number of aliphatic hydroxyl groups is 2. The normalized spacial score (nSPS) is 21.6. The molecule has 34 heavy (non-hydrogen) atoms. The van der Waals surface area contributed by atoms with E-state index in [1.165, 1.54) is 18.7 Å². The Balaban J connectivity index is 1.68. The molecule has 4 atom stereocenters. The number of nitrogens with zero attached hydrogens (tertiary/aromatic N) is 1. The van der Waals surface area contributed by atoms with Crippen molar-refractivity contribution in [1.29, 1.82) is 0 Å². The minimum atomic E-state index is -0.789. The summed E-state index contributed by atoms with van der Waals surface area (Å²) in [6.45, 7) is 4.05. The maximum atomic E-state index is 12.3. The Bertz CT molecular complexity index is 1120. The van der Waals surface area contributed by atoms with Crippen molar-refractivity contribution in [3.8, 4) is 0 Å². The Morgan fingerprint density at radius 3 is 2.79 bits per heavy atom. The number of hydrogen-bond acceptors (Lipinski definition) is 8. The number of carbonyl (C=O) groups excluding carboxylic acids is 2. The molecule has 0 aromatic heterocycles. The first-order chi connectivity index (χ1) is 16.3. The molecule has 0 spiro atoms. The molecule has 2 aromatic carbocycles. The average molecular weight is 487 g/mol. The van der Waals surface area contributed by atoms with Gasteiger partial charge < -0.3 is 19.8 Å². The molecular weight excluding hydrogens is 456 g/mol. The van der Waals surface area contributed by atoms with E-state index in [0.717, 1.165) is 33.3 Å². The zero-order chi connectivity index (χ0) is 24.4. The third-order valence-corrected chi connectivity index (χ3v) is 7.74. The van der Waals surface area contributed by atoms with E-state index in [0.29, 0.717) is 13.0 Å². The lowest BCUT2D eigenvalue weighted by atomic mass is 9.76.